The first-order chi connectivity index (χ1) is 16.7. The van der Waals surface area contributed by atoms with Crippen LogP contribution in [0.1, 0.15) is 39.7 Å². The molecule has 184 valence electrons. The number of carbonyl (C=O) groups is 2. The number of β-lactam (4-membered cyclic amide) rings is 1. The fraction of sp³-hybridized carbons (Fsp3) is 0.393. The van der Waals surface area contributed by atoms with Gasteiger partial charge in [-0.15, -0.1) is 11.8 Å². The van der Waals surface area contributed by atoms with E-state index in [1.165, 1.54) is 16.7 Å². The number of anilines is 1. The van der Waals surface area contributed by atoms with E-state index in [9.17, 15) is 9.59 Å². The number of nitrogens with one attached hydrogen (secondary N) is 1. The summed E-state index contributed by atoms with van der Waals surface area (Å²) in [6, 6.07) is 2.68. The van der Waals surface area contributed by atoms with Crippen molar-refractivity contribution in [1.29, 1.82) is 0 Å². The van der Waals surface area contributed by atoms with E-state index in [0.717, 1.165) is 17.6 Å². The molecule has 1 aliphatic carbocycles. The molecule has 1 aliphatic heterocycles. The van der Waals surface area contributed by atoms with E-state index >= 15 is 0 Å². The molecule has 1 aromatic rings. The molecule has 3 rings (SSSR count). The third kappa shape index (κ3) is 6.67. The predicted molar refractivity (Wildman–Crippen MR) is 144 cm³/mol. The van der Waals surface area contributed by atoms with Crippen molar-refractivity contribution in [2.75, 3.05) is 12.0 Å². The Morgan fingerprint density at radius 1 is 1.40 bits per heavy atom. The van der Waals surface area contributed by atoms with Crippen LogP contribution in [0.25, 0.3) is 0 Å². The Kier molecular flexibility index (Phi) is 9.00. The number of nitrogens with two attached hydrogens (primary N) is 1. The minimum absolute atomic E-state index is 0.293. The molecule has 0 bridgehead atoms. The number of rotatable bonds is 6. The topological polar surface area (TPSA) is 88.3 Å². The highest BCUT2D eigenvalue weighted by Crippen LogP contribution is 2.34. The summed E-state index contributed by atoms with van der Waals surface area (Å²) in [6.07, 6.45) is 16.9. The molecule has 1 fully saturated rings. The van der Waals surface area contributed by atoms with Gasteiger partial charge in [0.05, 0.1) is 6.04 Å². The number of hydrogen-bond donors (Lipinski definition) is 2. The number of nitrogens with zero attached hydrogens (tertiary/aromatic N) is 2. The molecule has 0 saturated carbocycles. The summed E-state index contributed by atoms with van der Waals surface area (Å²) in [6.45, 7) is 8.40. The van der Waals surface area contributed by atoms with Crippen LogP contribution in [0, 0.1) is 29.6 Å². The molecular weight excluding hydrogens is 456 g/mol. The summed E-state index contributed by atoms with van der Waals surface area (Å²) >= 11 is 1.44. The molecule has 4 atom stereocenters. The van der Waals surface area contributed by atoms with E-state index in [0.29, 0.717) is 23.2 Å². The van der Waals surface area contributed by atoms with E-state index < -0.39 is 11.9 Å². The zero-order valence-electron chi connectivity index (χ0n) is 21.0. The van der Waals surface area contributed by atoms with E-state index in [1.807, 2.05) is 25.3 Å². The first-order valence-corrected chi connectivity index (χ1v) is 13.1. The summed E-state index contributed by atoms with van der Waals surface area (Å²) in [4.78, 5) is 31.5. The highest BCUT2D eigenvalue weighted by Gasteiger charge is 2.50. The van der Waals surface area contributed by atoms with Crippen LogP contribution >= 0.6 is 11.8 Å². The Bertz CT molecular complexity index is 1140. The smallest absolute Gasteiger partial charge is 0.325 e. The van der Waals surface area contributed by atoms with Gasteiger partial charge in [0.2, 0.25) is 5.91 Å². The van der Waals surface area contributed by atoms with Crippen molar-refractivity contribution in [1.82, 2.24) is 15.2 Å². The van der Waals surface area contributed by atoms with Crippen molar-refractivity contribution in [3.63, 3.8) is 0 Å². The largest absolute Gasteiger partial charge is 0.384 e. The third-order valence-electron chi connectivity index (χ3n) is 5.91. The van der Waals surface area contributed by atoms with Crippen molar-refractivity contribution < 1.29 is 9.59 Å². The maximum absolute atomic E-state index is 13.3. The minimum atomic E-state index is -0.552. The van der Waals surface area contributed by atoms with Crippen molar-refractivity contribution >= 4 is 29.5 Å². The van der Waals surface area contributed by atoms with Gasteiger partial charge in [-0.3, -0.25) is 4.79 Å². The zero-order valence-corrected chi connectivity index (χ0v) is 21.8. The molecule has 0 radical (unpaired) electrons. The molecule has 3 N–H and O–H groups in total. The highest BCUT2D eigenvalue weighted by molar-refractivity contribution is 7.99. The molecule has 3 amide bonds. The van der Waals surface area contributed by atoms with Gasteiger partial charge in [0.1, 0.15) is 17.1 Å². The van der Waals surface area contributed by atoms with E-state index in [-0.39, 0.29) is 17.3 Å². The first kappa shape index (κ1) is 26.4. The number of urea groups is 1. The average molecular weight is 491 g/mol. The van der Waals surface area contributed by atoms with Crippen LogP contribution in [0.4, 0.5) is 10.6 Å². The standard InChI is InChI=1S/C28H34N4O2S/c1-18(2)7-6-8-20(4)25(22-12-9-19(3)10-13-22)31-28(34)32-26(33)23(27(32)35-5)14-11-21-15-16-30-24(29)17-21/h6-9,12-13,15-19,23,25,27H,10H2,1-5H3,(H2,29,30)(H,31,34)/b7-6-,20-8+/t19?,23-,25+,27+/m0/s1. The van der Waals surface area contributed by atoms with Crippen molar-refractivity contribution in [3.8, 4) is 11.8 Å². The normalized spacial score (nSPS) is 23.0. The second kappa shape index (κ2) is 11.9. The number of hydrogen-bond acceptors (Lipinski definition) is 5. The van der Waals surface area contributed by atoms with Gasteiger partial charge in [-0.05, 0) is 54.7 Å². The first-order valence-electron chi connectivity index (χ1n) is 11.8. The fourth-order valence-corrected chi connectivity index (χ4v) is 4.75. The van der Waals surface area contributed by atoms with Crippen LogP contribution in [0.5, 0.6) is 0 Å². The molecule has 0 spiro atoms. The van der Waals surface area contributed by atoms with Gasteiger partial charge < -0.3 is 11.1 Å². The zero-order chi connectivity index (χ0) is 25.5. The lowest BCUT2D eigenvalue weighted by Crippen LogP contribution is -2.64. The number of amides is 3. The summed E-state index contributed by atoms with van der Waals surface area (Å²) in [5.41, 5.74) is 8.43. The molecule has 2 heterocycles. The summed E-state index contributed by atoms with van der Waals surface area (Å²) < 4.78 is 0. The maximum Gasteiger partial charge on any atom is 0.325 e. The minimum Gasteiger partial charge on any atom is -0.384 e. The molecule has 6 nitrogen and oxygen atoms in total. The monoisotopic (exact) mass is 490 g/mol. The highest BCUT2D eigenvalue weighted by atomic mass is 32.2. The van der Waals surface area contributed by atoms with Gasteiger partial charge in [-0.25, -0.2) is 14.7 Å². The third-order valence-corrected chi connectivity index (χ3v) is 6.88. The Morgan fingerprint density at radius 2 is 2.17 bits per heavy atom. The molecule has 7 heteroatoms. The lowest BCUT2D eigenvalue weighted by Gasteiger charge is -2.42. The second-order valence-corrected chi connectivity index (χ2v) is 10.2. The molecule has 1 saturated heterocycles. The Labute approximate surface area is 212 Å². The van der Waals surface area contributed by atoms with E-state index in [1.54, 1.807) is 18.3 Å². The summed E-state index contributed by atoms with van der Waals surface area (Å²) in [5.74, 6) is 6.43. The Morgan fingerprint density at radius 3 is 2.80 bits per heavy atom. The van der Waals surface area contributed by atoms with Gasteiger partial charge in [0.25, 0.3) is 0 Å². The maximum atomic E-state index is 13.3. The van der Waals surface area contributed by atoms with E-state index in [2.05, 4.69) is 67.2 Å². The van der Waals surface area contributed by atoms with Crippen molar-refractivity contribution in [2.24, 2.45) is 17.8 Å². The van der Waals surface area contributed by atoms with Gasteiger partial charge in [-0.1, -0.05) is 69.1 Å². The van der Waals surface area contributed by atoms with E-state index in [4.69, 9.17) is 5.73 Å². The molecule has 2 aliphatic rings. The number of aromatic nitrogens is 1. The summed E-state index contributed by atoms with van der Waals surface area (Å²) in [7, 11) is 0. The Hall–Kier alpha value is -3.24. The van der Waals surface area contributed by atoms with Crippen molar-refractivity contribution in [2.45, 2.75) is 45.5 Å². The average Bonchev–Trinajstić information content (AvgIpc) is 2.81. The molecular formula is C28H34N4O2S. The molecule has 1 aromatic heterocycles. The lowest BCUT2D eigenvalue weighted by atomic mass is 9.91. The number of allylic oxidation sites excluding steroid dienone is 5. The molecule has 35 heavy (non-hydrogen) atoms. The summed E-state index contributed by atoms with van der Waals surface area (Å²) in [5, 5.41) is 2.75. The van der Waals surface area contributed by atoms with Gasteiger partial charge in [0, 0.05) is 11.8 Å². The number of nitrogen functional groups attached to an aromatic ring is 1. The molecule has 0 aromatic carbocycles. The SMILES string of the molecule is CS[C@@H]1[C@@H](C#Cc2ccnc(N)c2)C(=O)N1C(=O)N[C@@H](C1=CCC(C)C=C1)/C(C)=C/C=C\C(C)C. The van der Waals surface area contributed by atoms with Gasteiger partial charge in [0.15, 0.2) is 0 Å². The van der Waals surface area contributed by atoms with Gasteiger partial charge >= 0.3 is 6.03 Å². The van der Waals surface area contributed by atoms with Crippen LogP contribution in [-0.2, 0) is 4.79 Å². The van der Waals surface area contributed by atoms with Crippen LogP contribution in [0.3, 0.4) is 0 Å². The van der Waals surface area contributed by atoms with Crippen molar-refractivity contribution in [3.05, 3.63) is 71.5 Å². The number of likely N-dealkylation sites (tertiary alicyclic amines) is 1. The van der Waals surface area contributed by atoms with Crippen LogP contribution in [-0.4, -0.2) is 39.5 Å². The molecule has 1 unspecified atom stereocenters. The lowest BCUT2D eigenvalue weighted by molar-refractivity contribution is -0.141. The number of pyridine rings is 1. The van der Waals surface area contributed by atoms with Gasteiger partial charge in [-0.2, -0.15) is 0 Å². The number of thioether (sulfide) groups is 1. The fourth-order valence-electron chi connectivity index (χ4n) is 3.88. The van der Waals surface area contributed by atoms with Crippen LogP contribution in [0.15, 0.2) is 65.9 Å². The number of imide groups is 1. The quantitative estimate of drug-likeness (QED) is 0.336. The predicted octanol–water partition coefficient (Wildman–Crippen LogP) is 4.92. The van der Waals surface area contributed by atoms with Crippen LogP contribution < -0.4 is 11.1 Å². The Balaban J connectivity index is 1.78. The van der Waals surface area contributed by atoms with Crippen LogP contribution in [0.2, 0.25) is 0 Å². The number of carbonyl (C=O) groups excluding carboxylic acids is 2. The second-order valence-electron chi connectivity index (χ2n) is 9.25.